The van der Waals surface area contributed by atoms with Crippen LogP contribution in [0.4, 0.5) is 11.6 Å². The second-order valence-electron chi connectivity index (χ2n) is 4.90. The number of para-hydroxylation sites is 1. The highest BCUT2D eigenvalue weighted by Crippen LogP contribution is 2.38. The van der Waals surface area contributed by atoms with Gasteiger partial charge in [-0.3, -0.25) is 0 Å². The molecule has 0 amide bonds. The van der Waals surface area contributed by atoms with Crippen molar-refractivity contribution in [2.24, 2.45) is 17.3 Å². The van der Waals surface area contributed by atoms with E-state index in [1.165, 1.54) is 0 Å². The van der Waals surface area contributed by atoms with Crippen molar-refractivity contribution in [1.82, 2.24) is 14.5 Å². The number of rotatable bonds is 2. The zero-order valence-corrected chi connectivity index (χ0v) is 12.1. The summed E-state index contributed by atoms with van der Waals surface area (Å²) in [4.78, 5) is 8.41. The minimum Gasteiger partial charge on any atom is -0.493 e. The second kappa shape index (κ2) is 4.97. The maximum Gasteiger partial charge on any atom is 0.269 e. The van der Waals surface area contributed by atoms with Crippen LogP contribution in [0.3, 0.4) is 0 Å². The largest absolute Gasteiger partial charge is 0.493 e. The summed E-state index contributed by atoms with van der Waals surface area (Å²) in [6, 6.07) is 9.49. The molecule has 0 aliphatic heterocycles. The summed E-state index contributed by atoms with van der Waals surface area (Å²) in [6.45, 7) is 3.76. The fourth-order valence-electron chi connectivity index (χ4n) is 2.31. The summed E-state index contributed by atoms with van der Waals surface area (Å²) < 4.78 is 1.67. The highest BCUT2D eigenvalue weighted by molar-refractivity contribution is 5.94. The molecule has 1 N–H and O–H groups in total. The van der Waals surface area contributed by atoms with Crippen LogP contribution in [0.2, 0.25) is 0 Å². The van der Waals surface area contributed by atoms with Gasteiger partial charge in [0.25, 0.3) is 5.95 Å². The number of azo groups is 1. The third kappa shape index (κ3) is 2.35. The molecule has 1 aromatic carbocycles. The van der Waals surface area contributed by atoms with Gasteiger partial charge in [-0.15, -0.1) is 10.2 Å². The molecule has 0 spiro atoms. The molecule has 0 fully saturated rings. The lowest BCUT2D eigenvalue weighted by molar-refractivity contribution is 0.436. The Bertz CT molecular complexity index is 830. The van der Waals surface area contributed by atoms with E-state index >= 15 is 0 Å². The van der Waals surface area contributed by atoms with E-state index in [2.05, 4.69) is 20.2 Å². The van der Waals surface area contributed by atoms with E-state index in [4.69, 9.17) is 0 Å². The smallest absolute Gasteiger partial charge is 0.269 e. The zero-order valence-electron chi connectivity index (χ0n) is 12.1. The Morgan fingerprint density at radius 2 is 1.71 bits per heavy atom. The molecule has 0 unspecified atom stereocenters. The fraction of sp³-hybridized carbons (Fsp3) is 0.200. The Kier molecular flexibility index (Phi) is 3.13. The topological polar surface area (TPSA) is 75.7 Å². The van der Waals surface area contributed by atoms with Crippen molar-refractivity contribution in [3.63, 3.8) is 0 Å². The highest BCUT2D eigenvalue weighted by Gasteiger charge is 2.13. The summed E-state index contributed by atoms with van der Waals surface area (Å²) in [5, 5.41) is 19.2. The van der Waals surface area contributed by atoms with E-state index in [0.29, 0.717) is 11.6 Å². The van der Waals surface area contributed by atoms with E-state index < -0.39 is 0 Å². The van der Waals surface area contributed by atoms with Gasteiger partial charge in [-0.05, 0) is 26.0 Å². The first-order valence-electron chi connectivity index (χ1n) is 6.56. The van der Waals surface area contributed by atoms with E-state index in [1.54, 1.807) is 11.6 Å². The van der Waals surface area contributed by atoms with Crippen LogP contribution in [0.15, 0.2) is 40.6 Å². The first kappa shape index (κ1) is 13.2. The van der Waals surface area contributed by atoms with Gasteiger partial charge in [0.05, 0.1) is 5.52 Å². The molecule has 2 heterocycles. The summed E-state index contributed by atoms with van der Waals surface area (Å²) in [6.07, 6.45) is 0. The number of aryl methyl sites for hydroxylation is 3. The molecule has 0 aliphatic rings. The van der Waals surface area contributed by atoms with Crippen LogP contribution >= 0.6 is 0 Å². The van der Waals surface area contributed by atoms with Crippen LogP contribution < -0.4 is 0 Å². The average molecular weight is 281 g/mol. The quantitative estimate of drug-likeness (QED) is 0.727. The van der Waals surface area contributed by atoms with E-state index in [-0.39, 0.29) is 5.88 Å². The molecule has 2 aromatic heterocycles. The first-order chi connectivity index (χ1) is 10.1. The summed E-state index contributed by atoms with van der Waals surface area (Å²) in [7, 11) is 1.78. The van der Waals surface area contributed by atoms with Crippen LogP contribution in [0.1, 0.15) is 11.4 Å². The predicted molar refractivity (Wildman–Crippen MR) is 80.3 cm³/mol. The standard InChI is InChI=1S/C15H15N5O/c1-9-8-10(2)17-15(16-9)19-18-13-11-6-4-5-7-12(11)20(3)14(13)21/h4-8,21H,1-3H3. The second-order valence-corrected chi connectivity index (χ2v) is 4.90. The SMILES string of the molecule is Cc1cc(C)nc(N=Nc2c(O)n(C)c3ccccc23)n1. The fourth-order valence-corrected chi connectivity index (χ4v) is 2.31. The third-order valence-corrected chi connectivity index (χ3v) is 3.26. The summed E-state index contributed by atoms with van der Waals surface area (Å²) in [5.74, 6) is 0.365. The molecule has 0 bridgehead atoms. The monoisotopic (exact) mass is 281 g/mol. The number of nitrogens with zero attached hydrogens (tertiary/aromatic N) is 5. The summed E-state index contributed by atoms with van der Waals surface area (Å²) in [5.41, 5.74) is 2.98. The minimum absolute atomic E-state index is 0.0734. The molecule has 106 valence electrons. The van der Waals surface area contributed by atoms with Crippen LogP contribution in [0.5, 0.6) is 5.88 Å². The number of aromatic nitrogens is 3. The Balaban J connectivity index is 2.09. The lowest BCUT2D eigenvalue weighted by atomic mass is 10.2. The van der Waals surface area contributed by atoms with Gasteiger partial charge in [-0.25, -0.2) is 9.97 Å². The lowest BCUT2D eigenvalue weighted by Gasteiger charge is -1.97. The Morgan fingerprint density at radius 1 is 1.05 bits per heavy atom. The maximum absolute atomic E-state index is 10.2. The molecule has 0 saturated carbocycles. The van der Waals surface area contributed by atoms with Crippen molar-refractivity contribution in [2.75, 3.05) is 0 Å². The number of hydrogen-bond donors (Lipinski definition) is 1. The molecule has 21 heavy (non-hydrogen) atoms. The molecule has 0 aliphatic carbocycles. The van der Waals surface area contributed by atoms with Gasteiger partial charge in [0.15, 0.2) is 5.69 Å². The van der Waals surface area contributed by atoms with E-state index in [1.807, 2.05) is 44.2 Å². The lowest BCUT2D eigenvalue weighted by Crippen LogP contribution is -1.88. The minimum atomic E-state index is 0.0734. The normalized spacial score (nSPS) is 11.6. The first-order valence-corrected chi connectivity index (χ1v) is 6.56. The van der Waals surface area contributed by atoms with Crippen molar-refractivity contribution >= 4 is 22.5 Å². The van der Waals surface area contributed by atoms with Crippen LogP contribution in [-0.4, -0.2) is 19.6 Å². The molecule has 6 heteroatoms. The van der Waals surface area contributed by atoms with Gasteiger partial charge in [0.1, 0.15) is 0 Å². The van der Waals surface area contributed by atoms with Gasteiger partial charge in [0, 0.05) is 23.8 Å². The number of fused-ring (bicyclic) bond motifs is 1. The molecular formula is C15H15N5O. The Labute approximate surface area is 121 Å². The van der Waals surface area contributed by atoms with Gasteiger partial charge < -0.3 is 9.67 Å². The number of aromatic hydroxyl groups is 1. The van der Waals surface area contributed by atoms with Crippen molar-refractivity contribution < 1.29 is 5.11 Å². The molecule has 3 aromatic rings. The van der Waals surface area contributed by atoms with Gasteiger partial charge in [-0.2, -0.15) is 0 Å². The molecule has 0 atom stereocenters. The van der Waals surface area contributed by atoms with Gasteiger partial charge in [-0.1, -0.05) is 18.2 Å². The molecule has 6 nitrogen and oxygen atoms in total. The number of hydrogen-bond acceptors (Lipinski definition) is 5. The number of benzene rings is 1. The van der Waals surface area contributed by atoms with Crippen molar-refractivity contribution in [3.8, 4) is 5.88 Å². The van der Waals surface area contributed by atoms with Crippen LogP contribution in [-0.2, 0) is 7.05 Å². The molecule has 0 saturated heterocycles. The molecular weight excluding hydrogens is 266 g/mol. The van der Waals surface area contributed by atoms with E-state index in [9.17, 15) is 5.11 Å². The molecule has 3 rings (SSSR count). The average Bonchev–Trinajstić information content (AvgIpc) is 2.69. The van der Waals surface area contributed by atoms with Crippen molar-refractivity contribution in [1.29, 1.82) is 0 Å². The zero-order chi connectivity index (χ0) is 15.0. The highest BCUT2D eigenvalue weighted by atomic mass is 16.3. The Hall–Kier alpha value is -2.76. The predicted octanol–water partition coefficient (Wildman–Crippen LogP) is 3.71. The molecule has 0 radical (unpaired) electrons. The Morgan fingerprint density at radius 3 is 2.43 bits per heavy atom. The maximum atomic E-state index is 10.2. The van der Waals surface area contributed by atoms with E-state index in [0.717, 1.165) is 22.3 Å². The van der Waals surface area contributed by atoms with Crippen LogP contribution in [0.25, 0.3) is 10.9 Å². The van der Waals surface area contributed by atoms with Crippen LogP contribution in [0, 0.1) is 13.8 Å². The summed E-state index contributed by atoms with van der Waals surface area (Å²) >= 11 is 0. The van der Waals surface area contributed by atoms with Gasteiger partial charge >= 0.3 is 0 Å². The van der Waals surface area contributed by atoms with Crippen molar-refractivity contribution in [2.45, 2.75) is 13.8 Å². The van der Waals surface area contributed by atoms with Gasteiger partial charge in [0.2, 0.25) is 5.88 Å². The third-order valence-electron chi connectivity index (χ3n) is 3.26. The van der Waals surface area contributed by atoms with Crippen molar-refractivity contribution in [3.05, 3.63) is 41.7 Å².